The van der Waals surface area contributed by atoms with Gasteiger partial charge in [0.1, 0.15) is 0 Å². The fourth-order valence-electron chi connectivity index (χ4n) is 12.4. The van der Waals surface area contributed by atoms with Crippen molar-refractivity contribution in [3.8, 4) is 0 Å². The van der Waals surface area contributed by atoms with Crippen molar-refractivity contribution in [2.45, 2.75) is 317 Å². The Morgan fingerprint density at radius 2 is 0.461 bits per heavy atom. The summed E-state index contributed by atoms with van der Waals surface area (Å²) in [6.07, 6.45) is 60.9. The van der Waals surface area contributed by atoms with Gasteiger partial charge in [0.15, 0.2) is 70.7 Å². The van der Waals surface area contributed by atoms with Gasteiger partial charge in [0.05, 0.1) is 45.8 Å². The van der Waals surface area contributed by atoms with E-state index in [-0.39, 0.29) is 0 Å². The molecule has 0 aromatic heterocycles. The summed E-state index contributed by atoms with van der Waals surface area (Å²) in [6, 6.07) is 0. The zero-order valence-electron chi connectivity index (χ0n) is 58.1. The molecule has 4 atom stereocenters. The average molecular weight is 1630 g/mol. The van der Waals surface area contributed by atoms with E-state index < -0.39 is 99.9 Å². The van der Waals surface area contributed by atoms with E-state index in [1.165, 1.54) is 296 Å². The predicted octanol–water partition coefficient (Wildman–Crippen LogP) is 16.7. The highest BCUT2D eigenvalue weighted by molar-refractivity contribution is 8.30. The zero-order valence-corrected chi connectivity index (χ0v) is 63.0. The number of aliphatic imine (C=N–C) groups is 2. The molecule has 0 aromatic carbocycles. The van der Waals surface area contributed by atoms with Gasteiger partial charge in [-0.25, -0.2) is 9.98 Å². The van der Waals surface area contributed by atoms with Crippen molar-refractivity contribution in [2.75, 3.05) is 39.3 Å². The smallest absolute Gasteiger partial charge is 0.290 e. The number of unbranched alkanes of at least 4 members (excludes halogenated alkanes) is 30. The molecule has 4 rings (SSSR count). The van der Waals surface area contributed by atoms with Crippen LogP contribution >= 0.6 is 0 Å². The van der Waals surface area contributed by atoms with Gasteiger partial charge in [-0.2, -0.15) is 79.0 Å². The number of halogens is 18. The number of hydrogen-bond donors (Lipinski definition) is 2. The molecule has 608 valence electrons. The fourth-order valence-corrected chi connectivity index (χ4v) is 23.9. The van der Waals surface area contributed by atoms with Gasteiger partial charge < -0.3 is 0 Å². The van der Waals surface area contributed by atoms with Crippen molar-refractivity contribution in [1.29, 1.82) is 0 Å². The maximum absolute atomic E-state index is 12.0. The Bertz CT molecular complexity index is 2730. The molecular weight excluding hydrogens is 1530 g/mol. The summed E-state index contributed by atoms with van der Waals surface area (Å²) >= 11 is 0. The third-order valence-electron chi connectivity index (χ3n) is 17.9. The molecule has 4 heterocycles. The second kappa shape index (κ2) is 45.6. The van der Waals surface area contributed by atoms with Crippen molar-refractivity contribution in [3.63, 3.8) is 0 Å². The summed E-state index contributed by atoms with van der Waals surface area (Å²) in [5.41, 5.74) is -42.3. The minimum absolute atomic E-state index is 0.819. The van der Waals surface area contributed by atoms with Gasteiger partial charge in [0.25, 0.3) is 0 Å². The zero-order chi connectivity index (χ0) is 78.0. The molecule has 0 spiro atoms. The Balaban J connectivity index is 0.000000687. The molecule has 2 fully saturated rings. The average Bonchev–Trinajstić information content (AvgIpc) is 0.776. The van der Waals surface area contributed by atoms with E-state index in [0.29, 0.717) is 0 Å². The lowest BCUT2D eigenvalue weighted by Gasteiger charge is -2.31. The first-order valence-electron chi connectivity index (χ1n) is 35.5. The Labute approximate surface area is 592 Å². The van der Waals surface area contributed by atoms with Crippen LogP contribution in [0.4, 0.5) is 79.0 Å². The number of nitrogens with one attached hydrogen (secondary N) is 2. The van der Waals surface area contributed by atoms with Gasteiger partial charge in [-0.05, 0) is 51.4 Å². The van der Waals surface area contributed by atoms with E-state index in [0.717, 1.165) is 24.9 Å². The molecule has 4 unspecified atom stereocenters. The largest absolute Gasteiger partial charge is 0.470 e. The number of quaternary nitrogens is 2. The van der Waals surface area contributed by atoms with E-state index in [1.54, 1.807) is 21.5 Å². The van der Waals surface area contributed by atoms with Crippen LogP contribution in [0.2, 0.25) is 0 Å². The number of rotatable bonds is 40. The molecule has 0 aliphatic carbocycles. The third kappa shape index (κ3) is 32.5. The Hall–Kier alpha value is -2.30. The van der Waals surface area contributed by atoms with Crippen LogP contribution in [0.25, 0.3) is 0 Å². The quantitative estimate of drug-likeness (QED) is 0.0331. The molecule has 4 aliphatic heterocycles. The molecule has 0 bridgehead atoms. The van der Waals surface area contributed by atoms with Gasteiger partial charge >= 0.3 is 33.0 Å². The third-order valence-corrected chi connectivity index (χ3v) is 32.0. The van der Waals surface area contributed by atoms with E-state index in [2.05, 4.69) is 13.8 Å². The second-order valence-corrected chi connectivity index (χ2v) is 39.0. The van der Waals surface area contributed by atoms with Crippen LogP contribution in [0.3, 0.4) is 0 Å². The SMILES string of the molecule is CCCCCCCCCCCCCCCCCCC1CCCC[NH+]2CCCN=C12.CCCCCCCCCCCCCCCCCCC1CCCC[NH+]2CCCN=C12.O=S(=O)([C-](S(=O)(=O)C(F)(F)F)S(=O)(=O)C(F)(F)F)C(F)(F)F.O=S(=O)([C-](S(=O)(=O)C(F)(F)F)S(=O)(=O)C(F)(F)F)C(F)(F)F. The second-order valence-electron chi connectivity index (χ2n) is 26.2. The molecule has 4 aliphatic rings. The Morgan fingerprint density at radius 1 is 0.284 bits per heavy atom. The van der Waals surface area contributed by atoms with E-state index in [1.807, 2.05) is 0 Å². The predicted molar refractivity (Wildman–Crippen MR) is 355 cm³/mol. The van der Waals surface area contributed by atoms with Crippen molar-refractivity contribution in [3.05, 3.63) is 7.83 Å². The summed E-state index contributed by atoms with van der Waals surface area (Å²) in [5, 5.41) is 0. The van der Waals surface area contributed by atoms with Gasteiger partial charge in [-0.15, -0.1) is 0 Å². The van der Waals surface area contributed by atoms with Crippen molar-refractivity contribution in [1.82, 2.24) is 0 Å². The highest BCUT2D eigenvalue weighted by atomic mass is 32.3. The lowest BCUT2D eigenvalue weighted by atomic mass is 9.94. The minimum atomic E-state index is -8.02. The standard InChI is InChI=1S/2C27H52N2.2C4F9O6S3/c2*1-2-3-4-5-6-7-8-9-10-11-12-13-14-15-16-17-21-26-22-18-19-24-29-25-20-23-28-27(26)29;2*5-2(6,7)20(14,15)1(21(16,17)3(8,9)10)22(18,19)4(11,12)13/h2*26H,2-25H2,1H3;;/q;;2*-1/p+2. The molecular formula is C62H106F18N4O12S6. The number of sulfone groups is 6. The lowest BCUT2D eigenvalue weighted by Crippen LogP contribution is -3.15. The van der Waals surface area contributed by atoms with E-state index in [4.69, 9.17) is 9.98 Å². The number of nitrogens with zero attached hydrogens (tertiary/aromatic N) is 2. The molecule has 2 saturated heterocycles. The van der Waals surface area contributed by atoms with Crippen LogP contribution < -0.4 is 9.80 Å². The van der Waals surface area contributed by atoms with Crippen LogP contribution in [-0.4, -0.2) is 134 Å². The maximum atomic E-state index is 12.0. The van der Waals surface area contributed by atoms with Crippen molar-refractivity contribution < 1.29 is 139 Å². The van der Waals surface area contributed by atoms with Crippen LogP contribution in [0.5, 0.6) is 0 Å². The molecule has 16 nitrogen and oxygen atoms in total. The topological polar surface area (TPSA) is 238 Å². The Morgan fingerprint density at radius 3 is 0.647 bits per heavy atom. The van der Waals surface area contributed by atoms with Crippen molar-refractivity contribution in [2.24, 2.45) is 21.8 Å². The van der Waals surface area contributed by atoms with E-state index in [9.17, 15) is 130 Å². The first kappa shape index (κ1) is 97.7. The molecule has 0 aromatic rings. The summed E-state index contributed by atoms with van der Waals surface area (Å²) < 4.78 is 335. The first-order valence-corrected chi connectivity index (χ1v) is 44.4. The summed E-state index contributed by atoms with van der Waals surface area (Å²) in [4.78, 5) is 13.4. The minimum Gasteiger partial charge on any atom is -0.290 e. The van der Waals surface area contributed by atoms with Crippen LogP contribution in [-0.2, 0) is 59.0 Å². The van der Waals surface area contributed by atoms with Crippen LogP contribution in [0, 0.1) is 19.7 Å². The normalized spacial score (nSPS) is 19.5. The van der Waals surface area contributed by atoms with Gasteiger partial charge in [-0.1, -0.05) is 219 Å². The summed E-state index contributed by atoms with van der Waals surface area (Å²) in [6.45, 7) is 12.2. The van der Waals surface area contributed by atoms with Gasteiger partial charge in [0.2, 0.25) is 0 Å². The van der Waals surface area contributed by atoms with Crippen molar-refractivity contribution >= 4 is 70.7 Å². The molecule has 40 heteroatoms. The molecule has 0 saturated carbocycles. The number of fused-ring (bicyclic) bond motifs is 2. The number of alkyl halides is 18. The highest BCUT2D eigenvalue weighted by Gasteiger charge is 2.65. The summed E-state index contributed by atoms with van der Waals surface area (Å²) in [7, 11) is -48.1. The molecule has 0 radical (unpaired) electrons. The monoisotopic (exact) mass is 1630 g/mol. The molecule has 0 amide bonds. The van der Waals surface area contributed by atoms with E-state index >= 15 is 0 Å². The number of hydrogen-bond acceptors (Lipinski definition) is 14. The molecule has 102 heavy (non-hydrogen) atoms. The first-order chi connectivity index (χ1) is 47.1. The lowest BCUT2D eigenvalue weighted by molar-refractivity contribution is -0.810. The van der Waals surface area contributed by atoms with Gasteiger partial charge in [0, 0.05) is 25.9 Å². The maximum Gasteiger partial charge on any atom is 0.470 e. The van der Waals surface area contributed by atoms with Crippen LogP contribution in [0.1, 0.15) is 284 Å². The highest BCUT2D eigenvalue weighted by Crippen LogP contribution is 2.49. The Kier molecular flexibility index (Phi) is 43.7. The fraction of sp³-hybridized carbons (Fsp3) is 0.935. The molecule has 2 N–H and O–H groups in total. The number of amidine groups is 2. The van der Waals surface area contributed by atoms with Crippen LogP contribution in [0.15, 0.2) is 9.98 Å². The van der Waals surface area contributed by atoms with Gasteiger partial charge in [-0.3, -0.25) is 60.3 Å². The summed E-state index contributed by atoms with van der Waals surface area (Å²) in [5.74, 6) is 4.79.